The summed E-state index contributed by atoms with van der Waals surface area (Å²) < 4.78 is 5.88. The third-order valence-electron chi connectivity index (χ3n) is 3.90. The Balaban J connectivity index is 2.11. The van der Waals surface area contributed by atoms with E-state index >= 15 is 0 Å². The highest BCUT2D eigenvalue weighted by Gasteiger charge is 2.41. The van der Waals surface area contributed by atoms with Gasteiger partial charge in [0.2, 0.25) is 0 Å². The summed E-state index contributed by atoms with van der Waals surface area (Å²) in [5.41, 5.74) is 2.75. The van der Waals surface area contributed by atoms with Gasteiger partial charge in [-0.15, -0.1) is 0 Å². The minimum Gasteiger partial charge on any atom is -0.377 e. The Kier molecular flexibility index (Phi) is 2.92. The van der Waals surface area contributed by atoms with Gasteiger partial charge in [-0.1, -0.05) is 60.7 Å². The second-order valence-corrected chi connectivity index (χ2v) is 5.14. The normalized spacial score (nSPS) is 21.9. The van der Waals surface area contributed by atoms with Crippen LogP contribution < -0.4 is 0 Å². The maximum absolute atomic E-state index is 5.88. The molecule has 0 N–H and O–H groups in total. The van der Waals surface area contributed by atoms with Gasteiger partial charge in [0.05, 0.1) is 12.7 Å². The number of hydrogen-bond donors (Lipinski definition) is 0. The van der Waals surface area contributed by atoms with E-state index in [-0.39, 0.29) is 5.41 Å². The summed E-state index contributed by atoms with van der Waals surface area (Å²) in [5, 5.41) is 0. The van der Waals surface area contributed by atoms with Crippen molar-refractivity contribution in [1.82, 2.24) is 0 Å². The van der Waals surface area contributed by atoms with Gasteiger partial charge in [0.25, 0.3) is 0 Å². The molecule has 1 heteroatoms. The molecule has 92 valence electrons. The average molecular weight is 238 g/mol. The van der Waals surface area contributed by atoms with Gasteiger partial charge >= 0.3 is 0 Å². The summed E-state index contributed by atoms with van der Waals surface area (Å²) in [6.45, 7) is 2.94. The molecule has 1 saturated heterocycles. The smallest absolute Gasteiger partial charge is 0.0608 e. The number of benzene rings is 2. The topological polar surface area (TPSA) is 9.23 Å². The van der Waals surface area contributed by atoms with Crippen LogP contribution in [0.15, 0.2) is 60.7 Å². The van der Waals surface area contributed by atoms with Crippen LogP contribution in [0.25, 0.3) is 0 Å². The van der Waals surface area contributed by atoms with Crippen LogP contribution in [0.4, 0.5) is 0 Å². The van der Waals surface area contributed by atoms with E-state index in [0.29, 0.717) is 6.10 Å². The Morgan fingerprint density at radius 3 is 1.78 bits per heavy atom. The van der Waals surface area contributed by atoms with E-state index in [4.69, 9.17) is 4.74 Å². The predicted octanol–water partition coefficient (Wildman–Crippen LogP) is 3.78. The van der Waals surface area contributed by atoms with Crippen molar-refractivity contribution >= 4 is 0 Å². The van der Waals surface area contributed by atoms with Crippen molar-refractivity contribution in [2.24, 2.45) is 0 Å². The lowest BCUT2D eigenvalue weighted by Gasteiger charge is -2.29. The Labute approximate surface area is 108 Å². The lowest BCUT2D eigenvalue weighted by molar-refractivity contribution is 0.119. The molecule has 0 spiro atoms. The Hall–Kier alpha value is -1.60. The first-order valence-electron chi connectivity index (χ1n) is 6.54. The largest absolute Gasteiger partial charge is 0.377 e. The van der Waals surface area contributed by atoms with Crippen LogP contribution in [0.2, 0.25) is 0 Å². The lowest BCUT2D eigenvalue weighted by Crippen LogP contribution is -2.28. The number of hydrogen-bond acceptors (Lipinski definition) is 1. The highest BCUT2D eigenvalue weighted by Crippen LogP contribution is 2.41. The zero-order chi connectivity index (χ0) is 12.4. The monoisotopic (exact) mass is 238 g/mol. The molecule has 3 rings (SSSR count). The van der Waals surface area contributed by atoms with E-state index in [9.17, 15) is 0 Å². The van der Waals surface area contributed by atoms with Gasteiger partial charge in [0.1, 0.15) is 0 Å². The van der Waals surface area contributed by atoms with Gasteiger partial charge < -0.3 is 4.74 Å². The molecule has 0 amide bonds. The van der Waals surface area contributed by atoms with Crippen molar-refractivity contribution in [3.05, 3.63) is 71.8 Å². The molecule has 1 atom stereocenters. The molecule has 1 heterocycles. The first-order valence-corrected chi connectivity index (χ1v) is 6.54. The first kappa shape index (κ1) is 11.5. The van der Waals surface area contributed by atoms with E-state index in [1.54, 1.807) is 0 Å². The van der Waals surface area contributed by atoms with Gasteiger partial charge in [-0.2, -0.15) is 0 Å². The van der Waals surface area contributed by atoms with Crippen LogP contribution in [-0.4, -0.2) is 12.7 Å². The number of ether oxygens (including phenoxy) is 1. The highest BCUT2D eigenvalue weighted by atomic mass is 16.5. The Morgan fingerprint density at radius 2 is 1.39 bits per heavy atom. The minimum atomic E-state index is 0.0297. The summed E-state index contributed by atoms with van der Waals surface area (Å²) in [5.74, 6) is 0. The molecule has 1 aliphatic heterocycles. The van der Waals surface area contributed by atoms with Crippen LogP contribution in [0, 0.1) is 0 Å². The summed E-state index contributed by atoms with van der Waals surface area (Å²) >= 11 is 0. The molecule has 1 aliphatic rings. The first-order chi connectivity index (χ1) is 8.81. The molecular weight excluding hydrogens is 220 g/mol. The molecule has 2 aromatic carbocycles. The summed E-state index contributed by atoms with van der Waals surface area (Å²) in [7, 11) is 0. The fourth-order valence-electron chi connectivity index (χ4n) is 2.98. The van der Waals surface area contributed by atoms with Crippen molar-refractivity contribution in [1.29, 1.82) is 0 Å². The molecule has 1 nitrogen and oxygen atoms in total. The van der Waals surface area contributed by atoms with E-state index < -0.39 is 0 Å². The lowest BCUT2D eigenvalue weighted by atomic mass is 9.73. The van der Waals surface area contributed by atoms with Gasteiger partial charge in [-0.05, 0) is 24.5 Å². The molecule has 0 radical (unpaired) electrons. The molecule has 0 bridgehead atoms. The quantitative estimate of drug-likeness (QED) is 0.773. The Morgan fingerprint density at radius 1 is 0.889 bits per heavy atom. The van der Waals surface area contributed by atoms with Crippen LogP contribution in [-0.2, 0) is 10.2 Å². The molecule has 18 heavy (non-hydrogen) atoms. The summed E-state index contributed by atoms with van der Waals surface area (Å²) in [6, 6.07) is 21.5. The zero-order valence-corrected chi connectivity index (χ0v) is 10.7. The fraction of sp³-hybridized carbons (Fsp3) is 0.294. The SMILES string of the molecule is C[C@@H]1CC(c2ccccc2)(c2ccccc2)CO1. The summed E-state index contributed by atoms with van der Waals surface area (Å²) in [4.78, 5) is 0. The molecule has 1 fully saturated rings. The van der Waals surface area contributed by atoms with Crippen LogP contribution in [0.3, 0.4) is 0 Å². The van der Waals surface area contributed by atoms with E-state index in [1.165, 1.54) is 11.1 Å². The van der Waals surface area contributed by atoms with Gasteiger partial charge in [-0.25, -0.2) is 0 Å². The zero-order valence-electron chi connectivity index (χ0n) is 10.7. The van der Waals surface area contributed by atoms with E-state index in [2.05, 4.69) is 67.6 Å². The third-order valence-corrected chi connectivity index (χ3v) is 3.90. The van der Waals surface area contributed by atoms with Gasteiger partial charge in [0, 0.05) is 5.41 Å². The van der Waals surface area contributed by atoms with E-state index in [1.807, 2.05) is 0 Å². The molecule has 2 aromatic rings. The number of rotatable bonds is 2. The van der Waals surface area contributed by atoms with Gasteiger partial charge in [-0.3, -0.25) is 0 Å². The second-order valence-electron chi connectivity index (χ2n) is 5.14. The van der Waals surface area contributed by atoms with Crippen molar-refractivity contribution in [3.63, 3.8) is 0 Å². The van der Waals surface area contributed by atoms with Crippen molar-refractivity contribution in [2.75, 3.05) is 6.61 Å². The predicted molar refractivity (Wildman–Crippen MR) is 73.7 cm³/mol. The molecule has 0 aromatic heterocycles. The van der Waals surface area contributed by atoms with Crippen LogP contribution in [0.5, 0.6) is 0 Å². The van der Waals surface area contributed by atoms with E-state index in [0.717, 1.165) is 13.0 Å². The minimum absolute atomic E-state index is 0.0297. The van der Waals surface area contributed by atoms with Crippen LogP contribution >= 0.6 is 0 Å². The highest BCUT2D eigenvalue weighted by molar-refractivity contribution is 5.40. The fourth-order valence-corrected chi connectivity index (χ4v) is 2.98. The van der Waals surface area contributed by atoms with Gasteiger partial charge in [0.15, 0.2) is 0 Å². The third kappa shape index (κ3) is 1.85. The maximum Gasteiger partial charge on any atom is 0.0608 e. The van der Waals surface area contributed by atoms with Crippen molar-refractivity contribution < 1.29 is 4.74 Å². The molecule has 0 unspecified atom stereocenters. The molecule has 0 aliphatic carbocycles. The second kappa shape index (κ2) is 4.58. The molecular formula is C17H18O. The van der Waals surface area contributed by atoms with Crippen molar-refractivity contribution in [3.8, 4) is 0 Å². The average Bonchev–Trinajstić information content (AvgIpc) is 2.84. The van der Waals surface area contributed by atoms with Crippen LogP contribution in [0.1, 0.15) is 24.5 Å². The van der Waals surface area contributed by atoms with Crippen molar-refractivity contribution in [2.45, 2.75) is 24.9 Å². The summed E-state index contributed by atoms with van der Waals surface area (Å²) in [6.07, 6.45) is 1.38. The maximum atomic E-state index is 5.88. The standard InChI is InChI=1S/C17H18O/c1-14-12-17(13-18-14,15-8-4-2-5-9-15)16-10-6-3-7-11-16/h2-11,14H,12-13H2,1H3/t14-/m1/s1. The Bertz CT molecular complexity index is 464. The molecule has 0 saturated carbocycles.